The predicted molar refractivity (Wildman–Crippen MR) is 357 cm³/mol. The van der Waals surface area contributed by atoms with Gasteiger partial charge in [-0.2, -0.15) is 0 Å². The Balaban J connectivity index is 4.23. The Hall–Kier alpha value is -4.19. The van der Waals surface area contributed by atoms with Crippen LogP contribution in [-0.2, 0) is 28.6 Å². The van der Waals surface area contributed by atoms with E-state index in [2.05, 4.69) is 142 Å². The van der Waals surface area contributed by atoms with Crippen molar-refractivity contribution in [2.24, 2.45) is 0 Å². The van der Waals surface area contributed by atoms with E-state index in [4.69, 9.17) is 14.2 Å². The van der Waals surface area contributed by atoms with Crippen LogP contribution < -0.4 is 0 Å². The molecule has 0 heterocycles. The largest absolute Gasteiger partial charge is 0.462 e. The van der Waals surface area contributed by atoms with Gasteiger partial charge in [0.15, 0.2) is 6.10 Å². The standard InChI is InChI=1S/C76H128O6/c1-4-7-10-13-16-19-22-25-28-30-31-32-33-34-35-36-37-38-39-40-41-42-43-44-45-46-49-51-54-57-60-63-66-69-75(78)81-72-73(71-80-74(77)68-65-62-59-56-53-50-47-27-24-21-18-15-12-9-6-3)82-76(79)70-67-64-61-58-55-52-48-29-26-23-20-17-14-11-8-5-2/h7,9-10,12,16,18-19,21,25,27-29,31-32,34-35,47-48,53,56,73H,4-6,8,11,13-15,17,20,22-24,26,30,33,36-46,49-52,54-55,57-72H2,1-3H3/b10-7-,12-9-,19-16-,21-18-,28-25-,32-31-,35-34-,47-27-,48-29-,56-53-. The summed E-state index contributed by atoms with van der Waals surface area (Å²) in [6.45, 7) is 6.39. The summed E-state index contributed by atoms with van der Waals surface area (Å²) in [7, 11) is 0. The van der Waals surface area contributed by atoms with E-state index < -0.39 is 6.10 Å². The molecule has 468 valence electrons. The Morgan fingerprint density at radius 1 is 0.256 bits per heavy atom. The Labute approximate surface area is 507 Å². The molecule has 0 fully saturated rings. The van der Waals surface area contributed by atoms with Crippen molar-refractivity contribution in [2.45, 2.75) is 329 Å². The van der Waals surface area contributed by atoms with Crippen LogP contribution in [0.25, 0.3) is 0 Å². The highest BCUT2D eigenvalue weighted by Gasteiger charge is 2.19. The minimum Gasteiger partial charge on any atom is -0.462 e. The second-order valence-corrected chi connectivity index (χ2v) is 22.7. The molecule has 0 saturated carbocycles. The van der Waals surface area contributed by atoms with Crippen LogP contribution in [-0.4, -0.2) is 37.2 Å². The van der Waals surface area contributed by atoms with Crippen molar-refractivity contribution in [3.05, 3.63) is 122 Å². The molecule has 1 atom stereocenters. The van der Waals surface area contributed by atoms with Crippen LogP contribution in [0.2, 0.25) is 0 Å². The fraction of sp³-hybridized carbons (Fsp3) is 0.697. The zero-order chi connectivity index (χ0) is 59.2. The van der Waals surface area contributed by atoms with Crippen molar-refractivity contribution >= 4 is 17.9 Å². The second kappa shape index (κ2) is 69.3. The van der Waals surface area contributed by atoms with Crippen molar-refractivity contribution < 1.29 is 28.6 Å². The van der Waals surface area contributed by atoms with Gasteiger partial charge in [-0.1, -0.05) is 296 Å². The maximum atomic E-state index is 12.9. The van der Waals surface area contributed by atoms with Gasteiger partial charge in [0.1, 0.15) is 13.2 Å². The Bertz CT molecular complexity index is 1690. The molecule has 0 rings (SSSR count). The van der Waals surface area contributed by atoms with Crippen LogP contribution in [0.5, 0.6) is 0 Å². The third-order valence-electron chi connectivity index (χ3n) is 14.7. The van der Waals surface area contributed by atoms with Crippen molar-refractivity contribution in [3.63, 3.8) is 0 Å². The van der Waals surface area contributed by atoms with E-state index in [1.807, 2.05) is 0 Å². The molecule has 0 spiro atoms. The molecule has 0 saturated heterocycles. The van der Waals surface area contributed by atoms with Gasteiger partial charge in [0.25, 0.3) is 0 Å². The molecule has 0 aromatic carbocycles. The van der Waals surface area contributed by atoms with Crippen LogP contribution >= 0.6 is 0 Å². The first-order chi connectivity index (χ1) is 40.5. The zero-order valence-corrected chi connectivity index (χ0v) is 53.7. The van der Waals surface area contributed by atoms with E-state index in [1.165, 1.54) is 154 Å². The highest BCUT2D eigenvalue weighted by Crippen LogP contribution is 2.17. The van der Waals surface area contributed by atoms with Crippen molar-refractivity contribution in [3.8, 4) is 0 Å². The normalized spacial score (nSPS) is 12.9. The first kappa shape index (κ1) is 77.8. The lowest BCUT2D eigenvalue weighted by molar-refractivity contribution is -0.167. The lowest BCUT2D eigenvalue weighted by atomic mass is 10.0. The summed E-state index contributed by atoms with van der Waals surface area (Å²) in [5, 5.41) is 0. The number of allylic oxidation sites excluding steroid dienone is 20. The molecule has 0 aliphatic heterocycles. The summed E-state index contributed by atoms with van der Waals surface area (Å²) < 4.78 is 16.9. The van der Waals surface area contributed by atoms with Gasteiger partial charge < -0.3 is 14.2 Å². The summed E-state index contributed by atoms with van der Waals surface area (Å²) in [5.41, 5.74) is 0. The van der Waals surface area contributed by atoms with Gasteiger partial charge in [-0.3, -0.25) is 14.4 Å². The molecule has 82 heavy (non-hydrogen) atoms. The number of esters is 3. The summed E-state index contributed by atoms with van der Waals surface area (Å²) in [6, 6.07) is 0. The molecule has 6 nitrogen and oxygen atoms in total. The van der Waals surface area contributed by atoms with Crippen molar-refractivity contribution in [1.82, 2.24) is 0 Å². The number of carbonyl (C=O) groups excluding carboxylic acids is 3. The fourth-order valence-electron chi connectivity index (χ4n) is 9.57. The zero-order valence-electron chi connectivity index (χ0n) is 53.7. The maximum Gasteiger partial charge on any atom is 0.306 e. The number of carbonyl (C=O) groups is 3. The van der Waals surface area contributed by atoms with Crippen LogP contribution in [0.4, 0.5) is 0 Å². The smallest absolute Gasteiger partial charge is 0.306 e. The van der Waals surface area contributed by atoms with Crippen molar-refractivity contribution in [1.29, 1.82) is 0 Å². The molecular weight excluding hydrogens is 1010 g/mol. The number of hydrogen-bond acceptors (Lipinski definition) is 6. The molecule has 0 aliphatic carbocycles. The Morgan fingerprint density at radius 2 is 0.476 bits per heavy atom. The summed E-state index contributed by atoms with van der Waals surface area (Å²) in [4.78, 5) is 38.3. The lowest BCUT2D eigenvalue weighted by Crippen LogP contribution is -2.30. The number of hydrogen-bond donors (Lipinski definition) is 0. The molecule has 0 amide bonds. The highest BCUT2D eigenvalue weighted by molar-refractivity contribution is 5.71. The lowest BCUT2D eigenvalue weighted by Gasteiger charge is -2.18. The summed E-state index contributed by atoms with van der Waals surface area (Å²) in [6.07, 6.45) is 96.6. The average molecular weight is 1140 g/mol. The van der Waals surface area contributed by atoms with Gasteiger partial charge in [-0.25, -0.2) is 0 Å². The van der Waals surface area contributed by atoms with Gasteiger partial charge in [-0.15, -0.1) is 0 Å². The third-order valence-corrected chi connectivity index (χ3v) is 14.7. The minimum absolute atomic E-state index is 0.0936. The highest BCUT2D eigenvalue weighted by atomic mass is 16.6. The molecule has 0 aliphatic rings. The first-order valence-electron chi connectivity index (χ1n) is 34.5. The fourth-order valence-corrected chi connectivity index (χ4v) is 9.57. The van der Waals surface area contributed by atoms with Gasteiger partial charge in [0.2, 0.25) is 0 Å². The monoisotopic (exact) mass is 1140 g/mol. The summed E-state index contributed by atoms with van der Waals surface area (Å²) >= 11 is 0. The van der Waals surface area contributed by atoms with E-state index in [1.54, 1.807) is 0 Å². The second-order valence-electron chi connectivity index (χ2n) is 22.7. The van der Waals surface area contributed by atoms with E-state index in [-0.39, 0.29) is 31.1 Å². The number of ether oxygens (including phenoxy) is 3. The van der Waals surface area contributed by atoms with Gasteiger partial charge in [0, 0.05) is 19.3 Å². The Morgan fingerprint density at radius 3 is 0.780 bits per heavy atom. The van der Waals surface area contributed by atoms with Crippen LogP contribution in [0.15, 0.2) is 122 Å². The molecule has 0 N–H and O–H groups in total. The molecule has 6 heteroatoms. The average Bonchev–Trinajstić information content (AvgIpc) is 3.47. The van der Waals surface area contributed by atoms with Gasteiger partial charge in [0.05, 0.1) is 0 Å². The number of rotatable bonds is 62. The summed E-state index contributed by atoms with van der Waals surface area (Å²) in [5.74, 6) is -0.935. The van der Waals surface area contributed by atoms with Crippen LogP contribution in [0.3, 0.4) is 0 Å². The predicted octanol–water partition coefficient (Wildman–Crippen LogP) is 23.9. The maximum absolute atomic E-state index is 12.9. The van der Waals surface area contributed by atoms with E-state index >= 15 is 0 Å². The number of unbranched alkanes of at least 4 members (excludes halogenated alkanes) is 31. The van der Waals surface area contributed by atoms with Crippen LogP contribution in [0, 0.1) is 0 Å². The third kappa shape index (κ3) is 66.6. The molecule has 0 aromatic rings. The van der Waals surface area contributed by atoms with Crippen molar-refractivity contribution in [2.75, 3.05) is 13.2 Å². The minimum atomic E-state index is -0.801. The first-order valence-corrected chi connectivity index (χ1v) is 34.5. The molecular formula is C76H128O6. The SMILES string of the molecule is CC/C=C\C/C=C\C/C=C\C/C=C\C/C=C\CCCCCCCCCCCCCCCCCCCC(=O)OCC(COC(=O)CCCC/C=C\C/C=C\C/C=C\C/C=C\CC)OC(=O)CCCCCCC/C=C\CCCCCCCCC. The van der Waals surface area contributed by atoms with E-state index in [9.17, 15) is 14.4 Å². The molecule has 0 bridgehead atoms. The molecule has 0 radical (unpaired) electrons. The van der Waals surface area contributed by atoms with E-state index in [0.717, 1.165) is 128 Å². The molecule has 0 aromatic heterocycles. The molecule has 1 unspecified atom stereocenters. The van der Waals surface area contributed by atoms with Crippen LogP contribution in [0.1, 0.15) is 323 Å². The van der Waals surface area contributed by atoms with E-state index in [0.29, 0.717) is 19.3 Å². The quantitative estimate of drug-likeness (QED) is 0.0261. The Kier molecular flexibility index (Phi) is 65.8. The van der Waals surface area contributed by atoms with Gasteiger partial charge in [-0.05, 0) is 128 Å². The topological polar surface area (TPSA) is 78.9 Å². The van der Waals surface area contributed by atoms with Gasteiger partial charge >= 0.3 is 17.9 Å².